The minimum absolute atomic E-state index is 0.0662. The molecule has 0 fully saturated rings. The Bertz CT molecular complexity index is 1490. The maximum Gasteiger partial charge on any atom is 0.273 e. The number of nitrogens with one attached hydrogen (secondary N) is 3. The quantitative estimate of drug-likeness (QED) is 0.380. The van der Waals surface area contributed by atoms with E-state index in [2.05, 4.69) is 20.5 Å². The number of hydrogen-bond donors (Lipinski definition) is 3. The Kier molecular flexibility index (Phi) is 6.15. The summed E-state index contributed by atoms with van der Waals surface area (Å²) in [6.07, 6.45) is 1.75. The minimum atomic E-state index is -3.94. The van der Waals surface area contributed by atoms with Crippen LogP contribution in [-0.4, -0.2) is 29.5 Å². The maximum atomic E-state index is 13.6. The Morgan fingerprint density at radius 1 is 1.03 bits per heavy atom. The molecule has 0 atom stereocenters. The highest BCUT2D eigenvalue weighted by atomic mass is 32.2. The number of carbonyl (C=O) groups excluding carboxylic acids is 1. The fourth-order valence-corrected chi connectivity index (χ4v) is 5.17. The van der Waals surface area contributed by atoms with Crippen LogP contribution in [0.25, 0.3) is 22.2 Å². The number of anilines is 1. The van der Waals surface area contributed by atoms with Gasteiger partial charge in [0.15, 0.2) is 0 Å². The zero-order valence-corrected chi connectivity index (χ0v) is 19.1. The molecule has 0 spiro atoms. The van der Waals surface area contributed by atoms with Gasteiger partial charge in [0, 0.05) is 23.2 Å². The number of aryl methyl sites for hydroxylation is 1. The molecule has 0 aliphatic carbocycles. The van der Waals surface area contributed by atoms with Gasteiger partial charge in [0.05, 0.1) is 26.6 Å². The second-order valence-electron chi connectivity index (χ2n) is 7.64. The van der Waals surface area contributed by atoms with Crippen molar-refractivity contribution in [2.45, 2.75) is 42.9 Å². The predicted molar refractivity (Wildman–Crippen MR) is 127 cm³/mol. The number of H-pyrrole nitrogens is 2. The maximum absolute atomic E-state index is 13.6. The molecule has 0 radical (unpaired) electrons. The van der Waals surface area contributed by atoms with Crippen LogP contribution in [0, 0.1) is 0 Å². The van der Waals surface area contributed by atoms with Crippen LogP contribution in [0.5, 0.6) is 0 Å². The van der Waals surface area contributed by atoms with Gasteiger partial charge in [-0.2, -0.15) is 0 Å². The number of sulfone groups is 1. The topological polar surface area (TPSA) is 125 Å². The number of aromatic nitrogens is 3. The van der Waals surface area contributed by atoms with E-state index in [4.69, 9.17) is 0 Å². The number of aromatic amines is 2. The van der Waals surface area contributed by atoms with E-state index in [0.29, 0.717) is 46.4 Å². The van der Waals surface area contributed by atoms with Crippen molar-refractivity contribution in [3.63, 3.8) is 0 Å². The Labute approximate surface area is 191 Å². The first kappa shape index (κ1) is 22.5. The molecule has 4 aromatic rings. The number of hydrogen-bond acceptors (Lipinski definition) is 5. The van der Waals surface area contributed by atoms with E-state index in [9.17, 15) is 18.0 Å². The van der Waals surface area contributed by atoms with Gasteiger partial charge in [-0.25, -0.2) is 13.4 Å². The molecule has 8 nitrogen and oxygen atoms in total. The van der Waals surface area contributed by atoms with E-state index in [1.54, 1.807) is 43.3 Å². The molecule has 1 amide bonds. The average Bonchev–Trinajstić information content (AvgIpc) is 3.18. The number of pyridine rings is 1. The largest absolute Gasteiger partial charge is 0.326 e. The van der Waals surface area contributed by atoms with Crippen LogP contribution >= 0.6 is 0 Å². The molecule has 33 heavy (non-hydrogen) atoms. The number of carbonyl (C=O) groups is 1. The molecule has 4 rings (SSSR count). The Morgan fingerprint density at radius 2 is 1.76 bits per heavy atom. The van der Waals surface area contributed by atoms with Gasteiger partial charge in [-0.15, -0.1) is 0 Å². The summed E-state index contributed by atoms with van der Waals surface area (Å²) in [5.74, 6) is -0.157. The van der Waals surface area contributed by atoms with E-state index >= 15 is 0 Å². The number of nitrogens with zero attached hydrogens (tertiary/aromatic N) is 1. The number of fused-ring (bicyclic) bond motifs is 1. The summed E-state index contributed by atoms with van der Waals surface area (Å²) in [5.41, 5.74) is 1.97. The van der Waals surface area contributed by atoms with Crippen molar-refractivity contribution < 1.29 is 13.2 Å². The highest BCUT2D eigenvalue weighted by Gasteiger charge is 2.24. The van der Waals surface area contributed by atoms with Gasteiger partial charge in [-0.05, 0) is 42.8 Å². The summed E-state index contributed by atoms with van der Waals surface area (Å²) in [5, 5.41) is 8.63. The lowest BCUT2D eigenvalue weighted by molar-refractivity contribution is -0.115. The monoisotopic (exact) mass is 464 g/mol. The predicted octanol–water partition coefficient (Wildman–Crippen LogP) is 4.05. The average molecular weight is 465 g/mol. The second kappa shape index (κ2) is 9.03. The third kappa shape index (κ3) is 4.31. The SMILES string of the molecule is CCCc1[nH][nH]c(=O)c1-c1cc(S(=O)(=O)c2ccc(NC(=O)CC)cc2)c2ccccc2n1. The molecule has 0 bridgehead atoms. The van der Waals surface area contributed by atoms with Crippen molar-refractivity contribution in [1.29, 1.82) is 0 Å². The highest BCUT2D eigenvalue weighted by Crippen LogP contribution is 2.32. The van der Waals surface area contributed by atoms with Crippen LogP contribution in [0.4, 0.5) is 5.69 Å². The van der Waals surface area contributed by atoms with Crippen molar-refractivity contribution in [2.75, 3.05) is 5.32 Å². The molecule has 2 aromatic heterocycles. The van der Waals surface area contributed by atoms with Crippen molar-refractivity contribution in [3.8, 4) is 11.3 Å². The summed E-state index contributed by atoms with van der Waals surface area (Å²) in [7, 11) is -3.94. The molecule has 0 saturated carbocycles. The number of benzene rings is 2. The fraction of sp³-hybridized carbons (Fsp3) is 0.208. The molecule has 0 aliphatic heterocycles. The van der Waals surface area contributed by atoms with Crippen LogP contribution in [0.15, 0.2) is 69.2 Å². The van der Waals surface area contributed by atoms with Gasteiger partial charge >= 0.3 is 0 Å². The van der Waals surface area contributed by atoms with E-state index in [1.807, 2.05) is 6.92 Å². The molecule has 0 aliphatic rings. The first-order valence-electron chi connectivity index (χ1n) is 10.7. The van der Waals surface area contributed by atoms with E-state index < -0.39 is 9.84 Å². The number of amides is 1. The van der Waals surface area contributed by atoms with Gasteiger partial charge in [0.2, 0.25) is 15.7 Å². The normalized spacial score (nSPS) is 11.6. The second-order valence-corrected chi connectivity index (χ2v) is 9.55. The van der Waals surface area contributed by atoms with Crippen molar-refractivity contribution in [3.05, 3.63) is 70.6 Å². The first-order valence-corrected chi connectivity index (χ1v) is 12.2. The summed E-state index contributed by atoms with van der Waals surface area (Å²) < 4.78 is 27.3. The smallest absolute Gasteiger partial charge is 0.273 e. The zero-order valence-electron chi connectivity index (χ0n) is 18.3. The molecule has 2 aromatic carbocycles. The van der Waals surface area contributed by atoms with Gasteiger partial charge in [-0.1, -0.05) is 38.5 Å². The van der Waals surface area contributed by atoms with Crippen LogP contribution in [0.3, 0.4) is 0 Å². The number of para-hydroxylation sites is 1. The lowest BCUT2D eigenvalue weighted by Gasteiger charge is -2.12. The Balaban J connectivity index is 1.87. The summed E-state index contributed by atoms with van der Waals surface area (Å²) in [4.78, 5) is 28.9. The lowest BCUT2D eigenvalue weighted by Crippen LogP contribution is -2.10. The fourth-order valence-electron chi connectivity index (χ4n) is 3.69. The van der Waals surface area contributed by atoms with Crippen LogP contribution in [0.2, 0.25) is 0 Å². The van der Waals surface area contributed by atoms with Crippen LogP contribution < -0.4 is 10.9 Å². The molecular formula is C24H24N4O4S. The summed E-state index contributed by atoms with van der Waals surface area (Å²) in [6, 6.07) is 14.4. The van der Waals surface area contributed by atoms with Gasteiger partial charge < -0.3 is 10.4 Å². The van der Waals surface area contributed by atoms with Crippen LogP contribution in [-0.2, 0) is 21.1 Å². The van der Waals surface area contributed by atoms with Gasteiger partial charge in [0.1, 0.15) is 0 Å². The third-order valence-electron chi connectivity index (χ3n) is 5.35. The molecule has 0 saturated heterocycles. The van der Waals surface area contributed by atoms with Gasteiger partial charge in [0.25, 0.3) is 5.56 Å². The van der Waals surface area contributed by atoms with Crippen molar-refractivity contribution in [1.82, 2.24) is 15.2 Å². The minimum Gasteiger partial charge on any atom is -0.326 e. The van der Waals surface area contributed by atoms with E-state index in [-0.39, 0.29) is 21.3 Å². The summed E-state index contributed by atoms with van der Waals surface area (Å²) in [6.45, 7) is 3.73. The molecular weight excluding hydrogens is 440 g/mol. The third-order valence-corrected chi connectivity index (χ3v) is 7.16. The summed E-state index contributed by atoms with van der Waals surface area (Å²) >= 11 is 0. The Morgan fingerprint density at radius 3 is 2.45 bits per heavy atom. The highest BCUT2D eigenvalue weighted by molar-refractivity contribution is 7.91. The van der Waals surface area contributed by atoms with E-state index in [1.165, 1.54) is 18.2 Å². The Hall–Kier alpha value is -3.72. The molecule has 2 heterocycles. The molecule has 170 valence electrons. The van der Waals surface area contributed by atoms with Crippen molar-refractivity contribution >= 4 is 32.3 Å². The molecule has 3 N–H and O–H groups in total. The molecule has 0 unspecified atom stereocenters. The number of rotatable bonds is 7. The zero-order chi connectivity index (χ0) is 23.6. The first-order chi connectivity index (χ1) is 15.8. The molecule has 9 heteroatoms. The lowest BCUT2D eigenvalue weighted by atomic mass is 10.1. The van der Waals surface area contributed by atoms with Crippen molar-refractivity contribution in [2.24, 2.45) is 0 Å². The van der Waals surface area contributed by atoms with E-state index in [0.717, 1.165) is 6.42 Å². The van der Waals surface area contributed by atoms with Gasteiger partial charge in [-0.3, -0.25) is 14.7 Å². The standard InChI is InChI=1S/C24H24N4O4S/c1-3-7-19-23(24(30)28-27-19)20-14-21(17-8-5-6-9-18(17)26-20)33(31,32)16-12-10-15(11-13-16)25-22(29)4-2/h5-6,8-14H,3-4,7H2,1-2H3,(H,25,29)(H2,27,28,30). The van der Waals surface area contributed by atoms with Crippen LogP contribution in [0.1, 0.15) is 32.4 Å².